The summed E-state index contributed by atoms with van der Waals surface area (Å²) >= 11 is 0. The van der Waals surface area contributed by atoms with Crippen LogP contribution in [0.1, 0.15) is 0 Å². The number of hydrogen-bond acceptors (Lipinski definition) is 1. The topological polar surface area (TPSA) is 57.5 Å². The normalized spacial score (nSPS) is 32.5. The van der Waals surface area contributed by atoms with Gasteiger partial charge >= 0.3 is 55.5 Å². The highest BCUT2D eigenvalue weighted by molar-refractivity contribution is 7.54. The molecule has 2 N–H and O–H groups in total. The lowest BCUT2D eigenvalue weighted by Gasteiger charge is -2.61. The maximum atomic E-state index is 14.8. The molecule has 1 fully saturated rings. The Labute approximate surface area is 165 Å². The van der Waals surface area contributed by atoms with Gasteiger partial charge in [0.05, 0.1) is 0 Å². The zero-order valence-electron chi connectivity index (χ0n) is 13.9. The van der Waals surface area contributed by atoms with E-state index in [2.05, 4.69) is 0 Å². The lowest BCUT2D eigenvalue weighted by molar-refractivity contribution is -0.500. The van der Waals surface area contributed by atoms with E-state index in [-0.39, 0.29) is 0 Å². The summed E-state index contributed by atoms with van der Waals surface area (Å²) < 4.78 is 266. The van der Waals surface area contributed by atoms with Crippen molar-refractivity contribution in [3.8, 4) is 0 Å². The zero-order chi connectivity index (χ0) is 27.5. The molecular weight excluding hydrogens is 560 g/mol. The summed E-state index contributed by atoms with van der Waals surface area (Å²) in [6, 6.07) is 0. The average molecular weight is 562 g/mol. The van der Waals surface area contributed by atoms with E-state index in [1.54, 1.807) is 0 Å². The number of rotatable bonds is 3. The first-order chi connectivity index (χ1) is 13.8. The summed E-state index contributed by atoms with van der Waals surface area (Å²) in [5, 5.41) is -9.23. The van der Waals surface area contributed by atoms with E-state index in [4.69, 9.17) is 9.79 Å². The van der Waals surface area contributed by atoms with Crippen LogP contribution >= 0.6 is 7.60 Å². The largest absolute Gasteiger partial charge is 0.457 e. The molecule has 1 aliphatic carbocycles. The molecule has 0 amide bonds. The molecule has 2 atom stereocenters. The van der Waals surface area contributed by atoms with Crippen molar-refractivity contribution < 1.29 is 97.8 Å². The van der Waals surface area contributed by atoms with Crippen LogP contribution < -0.4 is 0 Å². The van der Waals surface area contributed by atoms with Gasteiger partial charge in [0.2, 0.25) is 0 Å². The van der Waals surface area contributed by atoms with Crippen molar-refractivity contribution in [2.75, 3.05) is 0 Å². The predicted octanol–water partition coefficient (Wildman–Crippen LogP) is 5.56. The van der Waals surface area contributed by atoms with E-state index < -0.39 is 66.3 Å². The zero-order valence-corrected chi connectivity index (χ0v) is 14.8. The van der Waals surface area contributed by atoms with Crippen molar-refractivity contribution >= 4 is 7.60 Å². The Morgan fingerprint density at radius 3 is 1.00 bits per heavy atom. The Morgan fingerprint density at radius 1 is 0.485 bits per heavy atom. The maximum Gasteiger partial charge on any atom is 0.457 e. The quantitative estimate of drug-likeness (QED) is 0.350. The van der Waals surface area contributed by atoms with Gasteiger partial charge in [-0.15, -0.1) is 0 Å². The van der Waals surface area contributed by atoms with Gasteiger partial charge in [0.25, 0.3) is 10.8 Å². The summed E-state index contributed by atoms with van der Waals surface area (Å²) in [5.41, 5.74) is -9.49. The van der Waals surface area contributed by atoms with E-state index in [1.165, 1.54) is 0 Å². The fourth-order valence-electron chi connectivity index (χ4n) is 3.09. The van der Waals surface area contributed by atoms with Crippen LogP contribution in [-0.4, -0.2) is 68.5 Å². The first kappa shape index (κ1) is 29.9. The van der Waals surface area contributed by atoms with E-state index in [9.17, 15) is 88.0 Å². The van der Waals surface area contributed by atoms with Gasteiger partial charge in [-0.05, 0) is 0 Å². The molecule has 0 saturated heterocycles. The van der Waals surface area contributed by atoms with Gasteiger partial charge in [-0.25, -0.2) is 4.39 Å². The summed E-state index contributed by atoms with van der Waals surface area (Å²) in [6.45, 7) is 0. The molecule has 0 radical (unpaired) electrons. The van der Waals surface area contributed by atoms with Gasteiger partial charge in [0, 0.05) is 0 Å². The van der Waals surface area contributed by atoms with Crippen LogP contribution in [0.3, 0.4) is 0 Å². The lowest BCUT2D eigenvalue weighted by atomic mass is 9.61. The Kier molecular flexibility index (Phi) is 5.90. The van der Waals surface area contributed by atoms with Crippen LogP contribution in [0.2, 0.25) is 0 Å². The molecule has 1 saturated carbocycles. The average Bonchev–Trinajstić information content (AvgIpc) is 2.48. The molecule has 1 aliphatic rings. The number of halogens is 19. The smallest absolute Gasteiger partial charge is 0.324 e. The van der Waals surface area contributed by atoms with Gasteiger partial charge in [-0.3, -0.25) is 4.57 Å². The van der Waals surface area contributed by atoms with Crippen molar-refractivity contribution in [3.63, 3.8) is 0 Å². The van der Waals surface area contributed by atoms with E-state index in [0.717, 1.165) is 0 Å². The van der Waals surface area contributed by atoms with Crippen molar-refractivity contribution in [2.24, 2.45) is 0 Å². The third-order valence-corrected chi connectivity index (χ3v) is 6.35. The lowest BCUT2D eigenvalue weighted by Crippen LogP contribution is -2.94. The molecule has 33 heavy (non-hydrogen) atoms. The molecule has 2 unspecified atom stereocenters. The van der Waals surface area contributed by atoms with E-state index in [0.29, 0.717) is 0 Å². The molecule has 0 aromatic rings. The molecular formula is C10H2F19O3P. The monoisotopic (exact) mass is 562 g/mol. The van der Waals surface area contributed by atoms with E-state index in [1.807, 2.05) is 0 Å². The van der Waals surface area contributed by atoms with E-state index >= 15 is 0 Å². The van der Waals surface area contributed by atoms with Crippen LogP contribution in [0.5, 0.6) is 0 Å². The molecule has 3 nitrogen and oxygen atoms in total. The summed E-state index contributed by atoms with van der Waals surface area (Å²) in [5.74, 6) is -53.8. The Hall–Kier alpha value is -1.18. The van der Waals surface area contributed by atoms with Crippen LogP contribution in [0.4, 0.5) is 83.4 Å². The van der Waals surface area contributed by atoms with Gasteiger partial charge in [0.15, 0.2) is 0 Å². The van der Waals surface area contributed by atoms with Gasteiger partial charge in [-0.2, -0.15) is 79.0 Å². The predicted molar refractivity (Wildman–Crippen MR) is 60.4 cm³/mol. The molecule has 0 aliphatic heterocycles. The standard InChI is InChI=1S/C10H2F19O3P/c11-1(4(14,15)9(24,25)26)2(33(30,31)32,6(18,19)10(27,28)29)5(16,17)8(22,23)7(20,21)3(1,12)13/h(H2,30,31,32). The van der Waals surface area contributed by atoms with Crippen LogP contribution in [0, 0.1) is 0 Å². The molecule has 0 bridgehead atoms. The van der Waals surface area contributed by atoms with Gasteiger partial charge in [0.1, 0.15) is 0 Å². The highest BCUT2D eigenvalue weighted by Crippen LogP contribution is 2.84. The second-order valence-electron chi connectivity index (χ2n) is 6.35. The van der Waals surface area contributed by atoms with Gasteiger partial charge in [-0.1, -0.05) is 0 Å². The summed E-state index contributed by atoms with van der Waals surface area (Å²) in [7, 11) is -9.58. The van der Waals surface area contributed by atoms with Crippen molar-refractivity contribution in [3.05, 3.63) is 0 Å². The first-order valence-corrected chi connectivity index (χ1v) is 8.51. The molecule has 23 heteroatoms. The molecule has 1 rings (SSSR count). The fourth-order valence-corrected chi connectivity index (χ4v) is 4.77. The fraction of sp³-hybridized carbons (Fsp3) is 1.00. The number of alkyl halides is 19. The molecule has 198 valence electrons. The second-order valence-corrected chi connectivity index (χ2v) is 8.11. The van der Waals surface area contributed by atoms with Gasteiger partial charge < -0.3 is 9.79 Å². The third kappa shape index (κ3) is 2.68. The molecule has 0 aromatic carbocycles. The van der Waals surface area contributed by atoms with Crippen molar-refractivity contribution in [1.82, 2.24) is 0 Å². The van der Waals surface area contributed by atoms with Crippen LogP contribution in [0.25, 0.3) is 0 Å². The Morgan fingerprint density at radius 2 is 0.758 bits per heavy atom. The van der Waals surface area contributed by atoms with Crippen LogP contribution in [-0.2, 0) is 4.57 Å². The highest BCUT2D eigenvalue weighted by atomic mass is 31.2. The minimum atomic E-state index is -9.58. The summed E-state index contributed by atoms with van der Waals surface area (Å²) in [6.07, 6.45) is -17.0. The molecule has 0 spiro atoms. The van der Waals surface area contributed by atoms with Crippen molar-refractivity contribution in [1.29, 1.82) is 0 Å². The first-order valence-electron chi connectivity index (χ1n) is 6.90. The third-order valence-electron chi connectivity index (χ3n) is 4.60. The summed E-state index contributed by atoms with van der Waals surface area (Å²) in [4.78, 5) is 17.1. The minimum Gasteiger partial charge on any atom is -0.324 e. The number of hydrogen-bond donors (Lipinski definition) is 2. The highest BCUT2D eigenvalue weighted by Gasteiger charge is 3.12. The van der Waals surface area contributed by atoms with Crippen molar-refractivity contribution in [2.45, 2.75) is 58.7 Å². The second kappa shape index (κ2) is 6.52. The molecule has 0 heterocycles. The minimum absolute atomic E-state index is 8.49. The molecule has 0 aromatic heterocycles. The van der Waals surface area contributed by atoms with Crippen LogP contribution in [0.15, 0.2) is 0 Å². The maximum absolute atomic E-state index is 14.8. The Balaban J connectivity index is 4.85. The SMILES string of the molecule is O=P(O)(O)C1(C(F)(F)C(F)(F)F)C(F)(F)C(F)(F)C(F)(F)C(F)(F)C1(F)C(F)(F)C(F)(F)F. The Bertz CT molecular complexity index is 851.